The molecule has 0 spiro atoms. The molecule has 1 N–H and O–H groups in total. The summed E-state index contributed by atoms with van der Waals surface area (Å²) >= 11 is 11.7. The lowest BCUT2D eigenvalue weighted by Crippen LogP contribution is -2.43. The van der Waals surface area contributed by atoms with Crippen molar-refractivity contribution < 1.29 is 14.4 Å². The lowest BCUT2D eigenvalue weighted by molar-refractivity contribution is -0.131. The number of nitrogens with zero attached hydrogens (tertiary/aromatic N) is 1. The maximum absolute atomic E-state index is 13.0. The Kier molecular flexibility index (Phi) is 5.03. The average molecular weight is 391 g/mol. The van der Waals surface area contributed by atoms with Crippen molar-refractivity contribution in [2.24, 2.45) is 0 Å². The van der Waals surface area contributed by atoms with Crippen LogP contribution in [0.5, 0.6) is 0 Å². The number of nitrogens with one attached hydrogen (secondary N) is 1. The molecule has 1 aliphatic rings. The zero-order valence-electron chi connectivity index (χ0n) is 14.0. The molecule has 1 saturated heterocycles. The highest BCUT2D eigenvalue weighted by Crippen LogP contribution is 2.33. The lowest BCUT2D eigenvalue weighted by atomic mass is 9.87. The maximum atomic E-state index is 13.0. The van der Waals surface area contributed by atoms with Gasteiger partial charge < -0.3 is 5.32 Å². The summed E-state index contributed by atoms with van der Waals surface area (Å²) in [6.45, 7) is 1.47. The first-order chi connectivity index (χ1) is 12.4. The number of halogens is 2. The number of amides is 3. The van der Waals surface area contributed by atoms with Gasteiger partial charge in [-0.3, -0.25) is 14.5 Å². The number of urea groups is 1. The molecule has 5 nitrogen and oxygen atoms in total. The summed E-state index contributed by atoms with van der Waals surface area (Å²) in [5.74, 6) is -0.789. The van der Waals surface area contributed by atoms with Crippen LogP contribution >= 0.6 is 23.2 Å². The number of ketones is 1. The van der Waals surface area contributed by atoms with Gasteiger partial charge in [-0.1, -0.05) is 42.3 Å². The minimum atomic E-state index is -1.19. The van der Waals surface area contributed by atoms with Crippen LogP contribution in [0.15, 0.2) is 48.5 Å². The van der Waals surface area contributed by atoms with Gasteiger partial charge in [0.05, 0.1) is 6.54 Å². The number of benzene rings is 2. The third-order valence-corrected chi connectivity index (χ3v) is 5.01. The summed E-state index contributed by atoms with van der Waals surface area (Å²) in [6, 6.07) is 12.4. The highest BCUT2D eigenvalue weighted by molar-refractivity contribution is 6.31. The molecule has 0 radical (unpaired) electrons. The van der Waals surface area contributed by atoms with E-state index in [-0.39, 0.29) is 12.3 Å². The Morgan fingerprint density at radius 2 is 1.54 bits per heavy atom. The van der Waals surface area contributed by atoms with Gasteiger partial charge in [-0.2, -0.15) is 0 Å². The first-order valence-electron chi connectivity index (χ1n) is 8.06. The summed E-state index contributed by atoms with van der Waals surface area (Å²) in [7, 11) is 0. The number of hydrogen-bond donors (Lipinski definition) is 1. The predicted molar refractivity (Wildman–Crippen MR) is 99.4 cm³/mol. The van der Waals surface area contributed by atoms with Gasteiger partial charge in [0.2, 0.25) is 0 Å². The van der Waals surface area contributed by atoms with E-state index in [0.717, 1.165) is 4.90 Å². The minimum Gasteiger partial charge on any atom is -0.319 e. The Morgan fingerprint density at radius 1 is 1.00 bits per heavy atom. The van der Waals surface area contributed by atoms with E-state index in [2.05, 4.69) is 5.32 Å². The number of rotatable bonds is 5. The molecule has 0 saturated carbocycles. The van der Waals surface area contributed by atoms with Crippen molar-refractivity contribution in [3.05, 3.63) is 69.7 Å². The van der Waals surface area contributed by atoms with Crippen molar-refractivity contribution in [2.45, 2.75) is 18.9 Å². The van der Waals surface area contributed by atoms with E-state index in [9.17, 15) is 14.4 Å². The molecule has 7 heteroatoms. The van der Waals surface area contributed by atoms with Crippen molar-refractivity contribution >= 4 is 40.9 Å². The summed E-state index contributed by atoms with van der Waals surface area (Å²) < 4.78 is 0. The quantitative estimate of drug-likeness (QED) is 0.618. The first-order valence-corrected chi connectivity index (χ1v) is 8.82. The average Bonchev–Trinajstić information content (AvgIpc) is 2.88. The van der Waals surface area contributed by atoms with Crippen LogP contribution in [0.25, 0.3) is 0 Å². The van der Waals surface area contributed by atoms with Gasteiger partial charge in [-0.15, -0.1) is 0 Å². The first kappa shape index (κ1) is 18.4. The van der Waals surface area contributed by atoms with Crippen molar-refractivity contribution in [1.29, 1.82) is 0 Å². The molecular weight excluding hydrogens is 375 g/mol. The van der Waals surface area contributed by atoms with Gasteiger partial charge in [-0.05, 0) is 48.4 Å². The summed E-state index contributed by atoms with van der Waals surface area (Å²) in [5, 5.41) is 3.78. The van der Waals surface area contributed by atoms with Crippen LogP contribution in [0.2, 0.25) is 10.0 Å². The monoisotopic (exact) mass is 390 g/mol. The minimum absolute atomic E-state index is 0.332. The molecule has 1 atom stereocenters. The van der Waals surface area contributed by atoms with E-state index in [0.29, 0.717) is 27.6 Å². The summed E-state index contributed by atoms with van der Waals surface area (Å²) in [4.78, 5) is 38.8. The van der Waals surface area contributed by atoms with Crippen LogP contribution in [0.3, 0.4) is 0 Å². The van der Waals surface area contributed by atoms with E-state index in [1.165, 1.54) is 0 Å². The van der Waals surface area contributed by atoms with Crippen molar-refractivity contribution in [1.82, 2.24) is 10.2 Å². The molecule has 0 aromatic heterocycles. The Bertz CT molecular complexity index is 865. The molecule has 134 valence electrons. The molecule has 1 unspecified atom stereocenters. The van der Waals surface area contributed by atoms with Gasteiger partial charge in [-0.25, -0.2) is 4.79 Å². The van der Waals surface area contributed by atoms with Gasteiger partial charge in [0, 0.05) is 15.6 Å². The Balaban J connectivity index is 1.87. The third kappa shape index (κ3) is 3.20. The standard InChI is InChI=1S/C19H16Cl2N2O3/c1-2-19(13-5-9-15(21)10-6-13)17(25)23(18(26)22-19)11-16(24)12-3-7-14(20)8-4-12/h3-10H,2,11H2,1H3,(H,22,26). The number of carbonyl (C=O) groups is 3. The molecule has 3 amide bonds. The van der Waals surface area contributed by atoms with Crippen LogP contribution in [0.4, 0.5) is 4.79 Å². The van der Waals surface area contributed by atoms with Gasteiger partial charge in [0.15, 0.2) is 5.78 Å². The normalized spacial score (nSPS) is 19.6. The van der Waals surface area contributed by atoms with Gasteiger partial charge >= 0.3 is 6.03 Å². The second kappa shape index (κ2) is 7.09. The van der Waals surface area contributed by atoms with Crippen LogP contribution in [-0.4, -0.2) is 29.2 Å². The zero-order chi connectivity index (χ0) is 18.9. The van der Waals surface area contributed by atoms with Crippen molar-refractivity contribution in [3.63, 3.8) is 0 Å². The van der Waals surface area contributed by atoms with Crippen LogP contribution in [0, 0.1) is 0 Å². The number of Topliss-reactive ketones (excluding diaryl/α,β-unsaturated/α-hetero) is 1. The topological polar surface area (TPSA) is 66.5 Å². The predicted octanol–water partition coefficient (Wildman–Crippen LogP) is 4.03. The van der Waals surface area contributed by atoms with Crippen molar-refractivity contribution in [3.8, 4) is 0 Å². The number of carbonyl (C=O) groups excluding carboxylic acids is 3. The van der Waals surface area contributed by atoms with Crippen LogP contribution < -0.4 is 5.32 Å². The second-order valence-corrected chi connectivity index (χ2v) is 6.89. The molecule has 2 aromatic carbocycles. The highest BCUT2D eigenvalue weighted by Gasteiger charge is 2.51. The molecular formula is C19H16Cl2N2O3. The fraction of sp³-hybridized carbons (Fsp3) is 0.211. The Labute approximate surface area is 160 Å². The van der Waals surface area contributed by atoms with E-state index < -0.39 is 17.5 Å². The smallest absolute Gasteiger partial charge is 0.319 e. The molecule has 1 heterocycles. The van der Waals surface area contributed by atoms with E-state index in [1.807, 2.05) is 0 Å². The zero-order valence-corrected chi connectivity index (χ0v) is 15.5. The summed E-state index contributed by atoms with van der Waals surface area (Å²) in [5.41, 5.74) is -0.179. The Hall–Kier alpha value is -2.37. The van der Waals surface area contributed by atoms with E-state index >= 15 is 0 Å². The van der Waals surface area contributed by atoms with E-state index in [1.54, 1.807) is 55.5 Å². The molecule has 3 rings (SSSR count). The van der Waals surface area contributed by atoms with Gasteiger partial charge in [0.25, 0.3) is 5.91 Å². The number of hydrogen-bond acceptors (Lipinski definition) is 3. The van der Waals surface area contributed by atoms with Crippen molar-refractivity contribution in [2.75, 3.05) is 6.54 Å². The molecule has 0 aliphatic carbocycles. The highest BCUT2D eigenvalue weighted by atomic mass is 35.5. The largest absolute Gasteiger partial charge is 0.325 e. The Morgan fingerprint density at radius 3 is 2.08 bits per heavy atom. The number of imide groups is 1. The third-order valence-electron chi connectivity index (χ3n) is 4.51. The molecule has 26 heavy (non-hydrogen) atoms. The molecule has 2 aromatic rings. The second-order valence-electron chi connectivity index (χ2n) is 6.02. The van der Waals surface area contributed by atoms with E-state index in [4.69, 9.17) is 23.2 Å². The van der Waals surface area contributed by atoms with Gasteiger partial charge in [0.1, 0.15) is 5.54 Å². The maximum Gasteiger partial charge on any atom is 0.325 e. The SMILES string of the molecule is CCC1(c2ccc(Cl)cc2)NC(=O)N(CC(=O)c2ccc(Cl)cc2)C1=O. The lowest BCUT2D eigenvalue weighted by Gasteiger charge is -2.25. The fourth-order valence-corrected chi connectivity index (χ4v) is 3.27. The molecule has 1 fully saturated rings. The van der Waals surface area contributed by atoms with Crippen LogP contribution in [-0.2, 0) is 10.3 Å². The van der Waals surface area contributed by atoms with Crippen LogP contribution in [0.1, 0.15) is 29.3 Å². The fourth-order valence-electron chi connectivity index (χ4n) is 3.01. The summed E-state index contributed by atoms with van der Waals surface area (Å²) in [6.07, 6.45) is 0.352. The molecule has 0 bridgehead atoms. The molecule has 1 aliphatic heterocycles.